The van der Waals surface area contributed by atoms with Gasteiger partial charge in [-0.3, -0.25) is 19.1 Å². The first kappa shape index (κ1) is 25.8. The zero-order chi connectivity index (χ0) is 26.6. The molecule has 6 heteroatoms. The number of ketones is 1. The number of fused-ring (bicyclic) bond motifs is 1. The number of aromatic nitrogens is 3. The van der Waals surface area contributed by atoms with E-state index < -0.39 is 0 Å². The fraction of sp³-hybridized carbons (Fsp3) is 0.344. The first-order valence-corrected chi connectivity index (χ1v) is 13.3. The molecule has 0 saturated carbocycles. The predicted molar refractivity (Wildman–Crippen MR) is 151 cm³/mol. The summed E-state index contributed by atoms with van der Waals surface area (Å²) in [6.45, 7) is 7.42. The molecule has 0 atom stereocenters. The molecule has 1 aliphatic rings. The van der Waals surface area contributed by atoms with Crippen LogP contribution >= 0.6 is 0 Å². The van der Waals surface area contributed by atoms with Gasteiger partial charge in [0.2, 0.25) is 0 Å². The van der Waals surface area contributed by atoms with Crippen LogP contribution in [-0.4, -0.2) is 63.2 Å². The Labute approximate surface area is 225 Å². The van der Waals surface area contributed by atoms with Crippen LogP contribution < -0.4 is 0 Å². The predicted octanol–water partition coefficient (Wildman–Crippen LogP) is 4.70. The number of carbonyl (C=O) groups is 1. The number of nitrogens with zero attached hydrogens (tertiary/aromatic N) is 5. The molecule has 1 saturated heterocycles. The molecule has 2 aromatic heterocycles. The standard InChI is InChI=1S/C32H35N5O/c1-23-5-7-27(19-26(23)9-10-30-20-34-32-21-33-13-16-37(30)32)31(38)18-25-6-8-28(24(2)17-25)22-36-14-11-29(12-15-36)35(3)4/h5-8,13,16-17,19-21,29H,11-12,14-15,18,22H2,1-4H3. The average molecular weight is 506 g/mol. The maximum Gasteiger partial charge on any atom is 0.167 e. The summed E-state index contributed by atoms with van der Waals surface area (Å²) < 4.78 is 1.90. The Hall–Kier alpha value is -3.79. The summed E-state index contributed by atoms with van der Waals surface area (Å²) in [4.78, 5) is 26.5. The number of hydrogen-bond donors (Lipinski definition) is 0. The molecule has 0 unspecified atom stereocenters. The van der Waals surface area contributed by atoms with Gasteiger partial charge in [0.1, 0.15) is 5.69 Å². The number of benzene rings is 2. The summed E-state index contributed by atoms with van der Waals surface area (Å²) in [6.07, 6.45) is 9.83. The van der Waals surface area contributed by atoms with Crippen molar-refractivity contribution in [2.75, 3.05) is 27.2 Å². The van der Waals surface area contributed by atoms with Crippen molar-refractivity contribution in [2.45, 2.75) is 45.7 Å². The largest absolute Gasteiger partial charge is 0.306 e. The van der Waals surface area contributed by atoms with Crippen molar-refractivity contribution in [3.05, 3.63) is 100 Å². The van der Waals surface area contributed by atoms with Crippen LogP contribution in [0.5, 0.6) is 0 Å². The van der Waals surface area contributed by atoms with E-state index in [-0.39, 0.29) is 5.78 Å². The Bertz CT molecular complexity index is 1520. The van der Waals surface area contributed by atoms with Gasteiger partial charge in [0.05, 0.1) is 12.4 Å². The molecule has 5 rings (SSSR count). The number of carbonyl (C=O) groups excluding carboxylic acids is 1. The summed E-state index contributed by atoms with van der Waals surface area (Å²) in [5.74, 6) is 6.54. The highest BCUT2D eigenvalue weighted by molar-refractivity contribution is 5.98. The van der Waals surface area contributed by atoms with Gasteiger partial charge in [-0.1, -0.05) is 36.3 Å². The number of likely N-dealkylation sites (tertiary alicyclic amines) is 1. The van der Waals surface area contributed by atoms with Crippen molar-refractivity contribution >= 4 is 11.4 Å². The van der Waals surface area contributed by atoms with E-state index in [4.69, 9.17) is 0 Å². The monoisotopic (exact) mass is 505 g/mol. The van der Waals surface area contributed by atoms with Gasteiger partial charge in [0, 0.05) is 42.5 Å². The average Bonchev–Trinajstić information content (AvgIpc) is 3.33. The number of aryl methyl sites for hydroxylation is 2. The lowest BCUT2D eigenvalue weighted by atomic mass is 9.96. The molecule has 1 fully saturated rings. The Morgan fingerprint density at radius 1 is 1.03 bits per heavy atom. The van der Waals surface area contributed by atoms with Crippen LogP contribution in [0.3, 0.4) is 0 Å². The van der Waals surface area contributed by atoms with Crippen LogP contribution in [0.2, 0.25) is 0 Å². The van der Waals surface area contributed by atoms with Gasteiger partial charge in [-0.05, 0) is 88.1 Å². The molecule has 0 N–H and O–H groups in total. The molecule has 0 spiro atoms. The Morgan fingerprint density at radius 3 is 2.61 bits per heavy atom. The Kier molecular flexibility index (Phi) is 7.69. The smallest absolute Gasteiger partial charge is 0.167 e. The normalized spacial score (nSPS) is 14.6. The van der Waals surface area contributed by atoms with Gasteiger partial charge < -0.3 is 4.90 Å². The fourth-order valence-corrected chi connectivity index (χ4v) is 5.16. The van der Waals surface area contributed by atoms with E-state index in [1.807, 2.05) is 35.7 Å². The van der Waals surface area contributed by atoms with Crippen LogP contribution in [0, 0.1) is 25.7 Å². The lowest BCUT2D eigenvalue weighted by molar-refractivity contribution is 0.0993. The Balaban J connectivity index is 1.25. The van der Waals surface area contributed by atoms with Gasteiger partial charge in [0.25, 0.3) is 0 Å². The third kappa shape index (κ3) is 5.85. The first-order valence-electron chi connectivity index (χ1n) is 13.3. The van der Waals surface area contributed by atoms with Gasteiger partial charge >= 0.3 is 0 Å². The molecular weight excluding hydrogens is 470 g/mol. The summed E-state index contributed by atoms with van der Waals surface area (Å²) in [5, 5.41) is 0. The second-order valence-corrected chi connectivity index (χ2v) is 10.6. The van der Waals surface area contributed by atoms with Gasteiger partial charge in [0.15, 0.2) is 11.4 Å². The third-order valence-electron chi connectivity index (χ3n) is 7.66. The molecule has 194 valence electrons. The fourth-order valence-electron chi connectivity index (χ4n) is 5.16. The van der Waals surface area contributed by atoms with Crippen molar-refractivity contribution in [2.24, 2.45) is 0 Å². The molecule has 3 heterocycles. The second kappa shape index (κ2) is 11.3. The minimum absolute atomic E-state index is 0.104. The first-order chi connectivity index (χ1) is 18.4. The molecule has 0 radical (unpaired) electrons. The molecule has 6 nitrogen and oxygen atoms in total. The maximum atomic E-state index is 13.2. The van der Waals surface area contributed by atoms with E-state index in [0.29, 0.717) is 18.0 Å². The highest BCUT2D eigenvalue weighted by Gasteiger charge is 2.21. The van der Waals surface area contributed by atoms with Crippen molar-refractivity contribution in [1.82, 2.24) is 24.2 Å². The molecule has 0 bridgehead atoms. The molecule has 4 aromatic rings. The second-order valence-electron chi connectivity index (χ2n) is 10.6. The highest BCUT2D eigenvalue weighted by atomic mass is 16.1. The summed E-state index contributed by atoms with van der Waals surface area (Å²) >= 11 is 0. The number of hydrogen-bond acceptors (Lipinski definition) is 5. The van der Waals surface area contributed by atoms with Crippen molar-refractivity contribution in [3.63, 3.8) is 0 Å². The third-order valence-corrected chi connectivity index (χ3v) is 7.66. The number of Topliss-reactive ketones (excluding diaryl/α,β-unsaturated/α-hetero) is 1. The van der Waals surface area contributed by atoms with Gasteiger partial charge in [-0.2, -0.15) is 0 Å². The van der Waals surface area contributed by atoms with Crippen LogP contribution in [-0.2, 0) is 13.0 Å². The highest BCUT2D eigenvalue weighted by Crippen LogP contribution is 2.20. The Morgan fingerprint density at radius 2 is 1.84 bits per heavy atom. The van der Waals surface area contributed by atoms with Gasteiger partial charge in [-0.15, -0.1) is 0 Å². The van der Waals surface area contributed by atoms with Crippen LogP contribution in [0.4, 0.5) is 0 Å². The van der Waals surface area contributed by atoms with Crippen LogP contribution in [0.25, 0.3) is 5.65 Å². The van der Waals surface area contributed by atoms with E-state index in [2.05, 4.69) is 70.8 Å². The summed E-state index contributed by atoms with van der Waals surface area (Å²) in [7, 11) is 4.35. The van der Waals surface area contributed by atoms with Crippen molar-refractivity contribution in [1.29, 1.82) is 0 Å². The number of imidazole rings is 1. The molecule has 1 aliphatic heterocycles. The quantitative estimate of drug-likeness (QED) is 0.281. The molecule has 38 heavy (non-hydrogen) atoms. The van der Waals surface area contributed by atoms with Crippen molar-refractivity contribution < 1.29 is 4.79 Å². The molecule has 0 amide bonds. The van der Waals surface area contributed by atoms with E-state index in [1.54, 1.807) is 18.6 Å². The topological polar surface area (TPSA) is 53.7 Å². The zero-order valence-corrected chi connectivity index (χ0v) is 22.7. The van der Waals surface area contributed by atoms with Gasteiger partial charge in [-0.25, -0.2) is 4.98 Å². The molecular formula is C32H35N5O. The minimum atomic E-state index is 0.104. The van der Waals surface area contributed by atoms with E-state index in [9.17, 15) is 4.79 Å². The SMILES string of the molecule is Cc1ccc(C(=O)Cc2ccc(CN3CCC(N(C)C)CC3)c(C)c2)cc1C#Cc1cnc2cnccn12. The molecule has 0 aliphatic carbocycles. The number of piperidine rings is 1. The van der Waals surface area contributed by atoms with Crippen LogP contribution in [0.15, 0.2) is 61.2 Å². The zero-order valence-electron chi connectivity index (χ0n) is 22.7. The maximum absolute atomic E-state index is 13.2. The van der Waals surface area contributed by atoms with Crippen molar-refractivity contribution in [3.8, 4) is 11.8 Å². The van der Waals surface area contributed by atoms with Crippen LogP contribution in [0.1, 0.15) is 56.7 Å². The van der Waals surface area contributed by atoms with E-state index in [1.165, 1.54) is 24.0 Å². The lowest BCUT2D eigenvalue weighted by Gasteiger charge is -2.35. The lowest BCUT2D eigenvalue weighted by Crippen LogP contribution is -2.41. The number of rotatable bonds is 6. The molecule has 2 aromatic carbocycles. The summed E-state index contributed by atoms with van der Waals surface area (Å²) in [6, 6.07) is 13.0. The summed E-state index contributed by atoms with van der Waals surface area (Å²) in [5.41, 5.74) is 7.78. The van der Waals surface area contributed by atoms with E-state index >= 15 is 0 Å². The van der Waals surface area contributed by atoms with E-state index in [0.717, 1.165) is 47.7 Å². The minimum Gasteiger partial charge on any atom is -0.306 e.